The number of aliphatic hydroxyl groups excluding tert-OH is 1. The fourth-order valence-corrected chi connectivity index (χ4v) is 4.51. The van der Waals surface area contributed by atoms with E-state index < -0.39 is 17.7 Å². The lowest BCUT2D eigenvalue weighted by molar-refractivity contribution is -0.132. The standard InChI is InChI=1S/C31H33NO5/c1-19(2)37-23-15-13-22(14-16-23)32-27(20-10-8-7-9-11-20)26(29(34)30(32)35)28(33)24-18-21(31(3,4)5)12-17-25(24)36-6/h7-19,27,33H,1-6H3/b28-26+. The molecule has 192 valence electrons. The van der Waals surface area contributed by atoms with Crippen molar-refractivity contribution in [1.82, 2.24) is 0 Å². The highest BCUT2D eigenvalue weighted by molar-refractivity contribution is 6.51. The van der Waals surface area contributed by atoms with Crippen LogP contribution in [-0.2, 0) is 15.0 Å². The van der Waals surface area contributed by atoms with E-state index in [9.17, 15) is 14.7 Å². The van der Waals surface area contributed by atoms with Crippen LogP contribution in [0.1, 0.15) is 57.4 Å². The number of rotatable bonds is 6. The fraction of sp³-hybridized carbons (Fsp3) is 0.290. The van der Waals surface area contributed by atoms with E-state index >= 15 is 0 Å². The van der Waals surface area contributed by atoms with Gasteiger partial charge in [0, 0.05) is 5.69 Å². The molecular formula is C31H33NO5. The number of ketones is 1. The molecule has 1 amide bonds. The summed E-state index contributed by atoms with van der Waals surface area (Å²) in [5.41, 5.74) is 2.38. The Balaban J connectivity index is 1.92. The van der Waals surface area contributed by atoms with E-state index in [1.54, 1.807) is 30.3 Å². The maximum absolute atomic E-state index is 13.5. The van der Waals surface area contributed by atoms with Gasteiger partial charge < -0.3 is 14.6 Å². The first-order valence-corrected chi connectivity index (χ1v) is 12.3. The van der Waals surface area contributed by atoms with Crippen LogP contribution in [0.15, 0.2) is 78.4 Å². The van der Waals surface area contributed by atoms with E-state index in [0.717, 1.165) is 5.56 Å². The van der Waals surface area contributed by atoms with Gasteiger partial charge in [0.2, 0.25) is 0 Å². The molecule has 6 nitrogen and oxygen atoms in total. The van der Waals surface area contributed by atoms with E-state index in [0.29, 0.717) is 28.3 Å². The summed E-state index contributed by atoms with van der Waals surface area (Å²) in [6.45, 7) is 10.1. The van der Waals surface area contributed by atoms with Gasteiger partial charge in [-0.1, -0.05) is 57.2 Å². The molecule has 1 atom stereocenters. The summed E-state index contributed by atoms with van der Waals surface area (Å²) in [7, 11) is 1.51. The highest BCUT2D eigenvalue weighted by Gasteiger charge is 2.47. The van der Waals surface area contributed by atoms with Crippen LogP contribution in [0.3, 0.4) is 0 Å². The van der Waals surface area contributed by atoms with Crippen LogP contribution in [0.5, 0.6) is 11.5 Å². The number of nitrogens with zero attached hydrogens (tertiary/aromatic N) is 1. The third-order valence-corrected chi connectivity index (χ3v) is 6.37. The lowest BCUT2D eigenvalue weighted by Crippen LogP contribution is -2.29. The minimum absolute atomic E-state index is 0.00300. The van der Waals surface area contributed by atoms with Crippen molar-refractivity contribution in [2.24, 2.45) is 0 Å². The number of ether oxygens (including phenoxy) is 2. The molecule has 37 heavy (non-hydrogen) atoms. The van der Waals surface area contributed by atoms with E-state index in [1.807, 2.05) is 56.3 Å². The first kappa shape index (κ1) is 26.0. The Bertz CT molecular complexity index is 1330. The zero-order valence-electron chi connectivity index (χ0n) is 22.1. The number of carbonyl (C=O) groups is 2. The lowest BCUT2D eigenvalue weighted by Gasteiger charge is -2.26. The Hall–Kier alpha value is -4.06. The molecule has 6 heteroatoms. The largest absolute Gasteiger partial charge is 0.507 e. The van der Waals surface area contributed by atoms with E-state index in [1.165, 1.54) is 12.0 Å². The van der Waals surface area contributed by atoms with Gasteiger partial charge in [-0.15, -0.1) is 0 Å². The molecule has 4 rings (SSSR count). The zero-order valence-corrected chi connectivity index (χ0v) is 22.1. The first-order valence-electron chi connectivity index (χ1n) is 12.3. The summed E-state index contributed by atoms with van der Waals surface area (Å²) < 4.78 is 11.3. The van der Waals surface area contributed by atoms with Crippen LogP contribution in [0.4, 0.5) is 5.69 Å². The Kier molecular flexibility index (Phi) is 7.12. The van der Waals surface area contributed by atoms with Crippen LogP contribution >= 0.6 is 0 Å². The van der Waals surface area contributed by atoms with Crippen molar-refractivity contribution in [3.8, 4) is 11.5 Å². The molecule has 0 radical (unpaired) electrons. The van der Waals surface area contributed by atoms with Crippen molar-refractivity contribution in [1.29, 1.82) is 0 Å². The van der Waals surface area contributed by atoms with Gasteiger partial charge in [0.15, 0.2) is 0 Å². The third-order valence-electron chi connectivity index (χ3n) is 6.37. The van der Waals surface area contributed by atoms with Gasteiger partial charge in [0.25, 0.3) is 11.7 Å². The monoisotopic (exact) mass is 499 g/mol. The average Bonchev–Trinajstić information content (AvgIpc) is 3.13. The lowest BCUT2D eigenvalue weighted by atomic mass is 9.85. The number of benzene rings is 3. The van der Waals surface area contributed by atoms with E-state index in [4.69, 9.17) is 9.47 Å². The number of methoxy groups -OCH3 is 1. The number of amides is 1. The normalized spacial score (nSPS) is 17.4. The molecule has 1 fully saturated rings. The fourth-order valence-electron chi connectivity index (χ4n) is 4.51. The summed E-state index contributed by atoms with van der Waals surface area (Å²) >= 11 is 0. The second-order valence-electron chi connectivity index (χ2n) is 10.4. The second kappa shape index (κ2) is 10.1. The quantitative estimate of drug-likeness (QED) is 0.241. The highest BCUT2D eigenvalue weighted by Crippen LogP contribution is 2.44. The van der Waals surface area contributed by atoms with Crippen LogP contribution in [0, 0.1) is 0 Å². The second-order valence-corrected chi connectivity index (χ2v) is 10.4. The molecule has 0 aromatic heterocycles. The van der Waals surface area contributed by atoms with Gasteiger partial charge in [-0.05, 0) is 66.8 Å². The summed E-state index contributed by atoms with van der Waals surface area (Å²) in [4.78, 5) is 28.4. The minimum atomic E-state index is -0.818. The average molecular weight is 500 g/mol. The third kappa shape index (κ3) is 5.10. The molecule has 3 aromatic rings. The molecule has 1 heterocycles. The Morgan fingerprint density at radius 2 is 1.59 bits per heavy atom. The Labute approximate surface area is 218 Å². The molecular weight excluding hydrogens is 466 g/mol. The summed E-state index contributed by atoms with van der Waals surface area (Å²) in [5, 5.41) is 11.6. The molecule has 1 aliphatic rings. The molecule has 1 saturated heterocycles. The van der Waals surface area contributed by atoms with Gasteiger partial charge in [-0.3, -0.25) is 14.5 Å². The summed E-state index contributed by atoms with van der Waals surface area (Å²) in [5.74, 6) is -0.651. The van der Waals surface area contributed by atoms with Crippen LogP contribution in [-0.4, -0.2) is 30.0 Å². The predicted octanol–water partition coefficient (Wildman–Crippen LogP) is 6.41. The van der Waals surface area contributed by atoms with Crippen LogP contribution < -0.4 is 14.4 Å². The maximum atomic E-state index is 13.5. The topological polar surface area (TPSA) is 76.1 Å². The number of Topliss-reactive ketones (excluding diaryl/α,β-unsaturated/α-hetero) is 1. The van der Waals surface area contributed by atoms with Crippen molar-refractivity contribution in [3.63, 3.8) is 0 Å². The molecule has 0 saturated carbocycles. The van der Waals surface area contributed by atoms with Gasteiger partial charge in [-0.25, -0.2) is 0 Å². The van der Waals surface area contributed by atoms with E-state index in [2.05, 4.69) is 20.8 Å². The van der Waals surface area contributed by atoms with Gasteiger partial charge in [0.1, 0.15) is 17.3 Å². The predicted molar refractivity (Wildman–Crippen MR) is 145 cm³/mol. The highest BCUT2D eigenvalue weighted by atomic mass is 16.5. The first-order chi connectivity index (χ1) is 17.5. The Morgan fingerprint density at radius 1 is 0.946 bits per heavy atom. The van der Waals surface area contributed by atoms with Gasteiger partial charge >= 0.3 is 0 Å². The number of anilines is 1. The zero-order chi connectivity index (χ0) is 26.9. The molecule has 3 aromatic carbocycles. The van der Waals surface area contributed by atoms with Crippen LogP contribution in [0.2, 0.25) is 0 Å². The van der Waals surface area contributed by atoms with Crippen molar-refractivity contribution in [2.45, 2.75) is 52.2 Å². The molecule has 0 aliphatic carbocycles. The number of hydrogen-bond acceptors (Lipinski definition) is 5. The minimum Gasteiger partial charge on any atom is -0.507 e. The van der Waals surface area contributed by atoms with Gasteiger partial charge in [0.05, 0.1) is 30.4 Å². The number of carbonyl (C=O) groups excluding carboxylic acids is 2. The van der Waals surface area contributed by atoms with Crippen LogP contribution in [0.25, 0.3) is 5.76 Å². The SMILES string of the molecule is COc1ccc(C(C)(C)C)cc1/C(O)=C1\C(=O)C(=O)N(c2ccc(OC(C)C)cc2)C1c1ccccc1. The Morgan fingerprint density at radius 3 is 2.16 bits per heavy atom. The van der Waals surface area contributed by atoms with Crippen molar-refractivity contribution >= 4 is 23.1 Å². The molecule has 1 aliphatic heterocycles. The van der Waals surface area contributed by atoms with Crippen molar-refractivity contribution < 1.29 is 24.2 Å². The molecule has 0 bridgehead atoms. The molecule has 0 spiro atoms. The summed E-state index contributed by atoms with van der Waals surface area (Å²) in [6.07, 6.45) is 0.00300. The van der Waals surface area contributed by atoms with Crippen molar-refractivity contribution in [2.75, 3.05) is 12.0 Å². The van der Waals surface area contributed by atoms with Gasteiger partial charge in [-0.2, -0.15) is 0 Å². The van der Waals surface area contributed by atoms with E-state index in [-0.39, 0.29) is 22.9 Å². The number of aliphatic hydroxyl groups is 1. The summed E-state index contributed by atoms with van der Waals surface area (Å²) in [6, 6.07) is 21.0. The smallest absolute Gasteiger partial charge is 0.300 e. The maximum Gasteiger partial charge on any atom is 0.300 e. The van der Waals surface area contributed by atoms with Crippen molar-refractivity contribution in [3.05, 3.63) is 95.1 Å². The number of hydrogen-bond donors (Lipinski definition) is 1. The molecule has 1 N–H and O–H groups in total. The molecule has 1 unspecified atom stereocenters.